The zero-order valence-electron chi connectivity index (χ0n) is 10.5. The zero-order valence-corrected chi connectivity index (χ0v) is 11.3. The highest BCUT2D eigenvalue weighted by Crippen LogP contribution is 2.15. The molecule has 0 unspecified atom stereocenters. The minimum Gasteiger partial charge on any atom is -0.389 e. The van der Waals surface area contributed by atoms with Crippen molar-refractivity contribution in [2.45, 2.75) is 13.3 Å². The molecule has 0 atom stereocenters. The van der Waals surface area contributed by atoms with Crippen molar-refractivity contribution in [2.24, 2.45) is 5.73 Å². The van der Waals surface area contributed by atoms with Crippen molar-refractivity contribution in [1.29, 1.82) is 0 Å². The van der Waals surface area contributed by atoms with Crippen LogP contribution in [0.15, 0.2) is 24.3 Å². The molecule has 17 heavy (non-hydrogen) atoms. The number of nitrogens with zero attached hydrogens (tertiary/aromatic N) is 1. The van der Waals surface area contributed by atoms with Crippen LogP contribution in [-0.2, 0) is 4.74 Å². The van der Waals surface area contributed by atoms with Crippen LogP contribution in [0.2, 0.25) is 0 Å². The van der Waals surface area contributed by atoms with E-state index in [0.29, 0.717) is 4.99 Å². The third-order valence-corrected chi connectivity index (χ3v) is 2.79. The third-order valence-electron chi connectivity index (χ3n) is 2.56. The summed E-state index contributed by atoms with van der Waals surface area (Å²) in [6.07, 6.45) is 1.02. The zero-order chi connectivity index (χ0) is 12.7. The fraction of sp³-hybridized carbons (Fsp3) is 0.462. The Balaban J connectivity index is 2.53. The standard InChI is InChI=1S/C13H20N2OS/c1-3-16-9-5-8-15(2)12-7-4-6-11(10-12)13(14)17/h4,6-7,10H,3,5,8-9H2,1-2H3,(H2,14,17). The van der Waals surface area contributed by atoms with Crippen LogP contribution in [0, 0.1) is 0 Å². The summed E-state index contributed by atoms with van der Waals surface area (Å²) in [6, 6.07) is 7.98. The van der Waals surface area contributed by atoms with Gasteiger partial charge in [0.15, 0.2) is 0 Å². The molecule has 0 aromatic heterocycles. The molecule has 1 aromatic carbocycles. The van der Waals surface area contributed by atoms with E-state index in [1.165, 1.54) is 0 Å². The Hall–Kier alpha value is -1.13. The molecule has 0 aliphatic rings. The second-order valence-electron chi connectivity index (χ2n) is 3.89. The van der Waals surface area contributed by atoms with E-state index < -0.39 is 0 Å². The molecule has 0 heterocycles. The Kier molecular flexibility index (Phi) is 5.94. The number of anilines is 1. The van der Waals surface area contributed by atoms with Gasteiger partial charge < -0.3 is 15.4 Å². The molecule has 0 saturated carbocycles. The monoisotopic (exact) mass is 252 g/mol. The number of thiocarbonyl (C=S) groups is 1. The fourth-order valence-corrected chi connectivity index (χ4v) is 1.70. The summed E-state index contributed by atoms with van der Waals surface area (Å²) in [5, 5.41) is 0. The highest BCUT2D eigenvalue weighted by molar-refractivity contribution is 7.80. The van der Waals surface area contributed by atoms with Crippen LogP contribution in [0.5, 0.6) is 0 Å². The minimum atomic E-state index is 0.439. The second-order valence-corrected chi connectivity index (χ2v) is 4.33. The van der Waals surface area contributed by atoms with Gasteiger partial charge in [-0.25, -0.2) is 0 Å². The van der Waals surface area contributed by atoms with Gasteiger partial charge in [0.2, 0.25) is 0 Å². The lowest BCUT2D eigenvalue weighted by molar-refractivity contribution is 0.146. The third kappa shape index (κ3) is 4.71. The summed E-state index contributed by atoms with van der Waals surface area (Å²) in [7, 11) is 2.06. The summed E-state index contributed by atoms with van der Waals surface area (Å²) in [5.41, 5.74) is 7.66. The van der Waals surface area contributed by atoms with Crippen molar-refractivity contribution in [3.8, 4) is 0 Å². The van der Waals surface area contributed by atoms with Gasteiger partial charge in [0.05, 0.1) is 0 Å². The van der Waals surface area contributed by atoms with Gasteiger partial charge in [0, 0.05) is 38.1 Å². The number of rotatable bonds is 7. The van der Waals surface area contributed by atoms with E-state index in [-0.39, 0.29) is 0 Å². The first-order chi connectivity index (χ1) is 8.15. The SMILES string of the molecule is CCOCCCN(C)c1cccc(C(N)=S)c1. The maximum Gasteiger partial charge on any atom is 0.104 e. The number of benzene rings is 1. The first kappa shape index (κ1) is 13.9. The largest absolute Gasteiger partial charge is 0.389 e. The average molecular weight is 252 g/mol. The van der Waals surface area contributed by atoms with Crippen molar-refractivity contribution in [3.05, 3.63) is 29.8 Å². The van der Waals surface area contributed by atoms with Gasteiger partial charge in [-0.2, -0.15) is 0 Å². The van der Waals surface area contributed by atoms with E-state index in [9.17, 15) is 0 Å². The molecule has 1 aromatic rings. The smallest absolute Gasteiger partial charge is 0.104 e. The van der Waals surface area contributed by atoms with Crippen LogP contribution in [0.25, 0.3) is 0 Å². The number of nitrogens with two attached hydrogens (primary N) is 1. The topological polar surface area (TPSA) is 38.5 Å². The van der Waals surface area contributed by atoms with Gasteiger partial charge in [-0.1, -0.05) is 24.4 Å². The van der Waals surface area contributed by atoms with Crippen LogP contribution in [0.4, 0.5) is 5.69 Å². The van der Waals surface area contributed by atoms with Gasteiger partial charge in [0.25, 0.3) is 0 Å². The summed E-state index contributed by atoms with van der Waals surface area (Å²) in [6.45, 7) is 4.55. The van der Waals surface area contributed by atoms with Crippen molar-refractivity contribution < 1.29 is 4.74 Å². The number of hydrogen-bond donors (Lipinski definition) is 1. The van der Waals surface area contributed by atoms with Crippen LogP contribution < -0.4 is 10.6 Å². The quantitative estimate of drug-likeness (QED) is 0.596. The molecule has 0 saturated heterocycles. The molecule has 2 N–H and O–H groups in total. The second kappa shape index (κ2) is 7.25. The molecule has 0 aliphatic carbocycles. The lowest BCUT2D eigenvalue weighted by Crippen LogP contribution is -2.20. The predicted octanol–water partition coefficient (Wildman–Crippen LogP) is 2.18. The van der Waals surface area contributed by atoms with Crippen LogP contribution in [-0.4, -0.2) is 31.8 Å². The average Bonchev–Trinajstić information content (AvgIpc) is 2.34. The maximum atomic E-state index is 5.62. The molecule has 4 heteroatoms. The molecule has 1 rings (SSSR count). The van der Waals surface area contributed by atoms with E-state index in [1.54, 1.807) is 0 Å². The van der Waals surface area contributed by atoms with Crippen molar-refractivity contribution in [3.63, 3.8) is 0 Å². The molecule has 0 amide bonds. The van der Waals surface area contributed by atoms with E-state index >= 15 is 0 Å². The van der Waals surface area contributed by atoms with E-state index in [4.69, 9.17) is 22.7 Å². The van der Waals surface area contributed by atoms with E-state index in [1.807, 2.05) is 25.1 Å². The molecule has 94 valence electrons. The molecular weight excluding hydrogens is 232 g/mol. The Morgan fingerprint density at radius 2 is 2.24 bits per heavy atom. The van der Waals surface area contributed by atoms with Crippen LogP contribution >= 0.6 is 12.2 Å². The highest BCUT2D eigenvalue weighted by Gasteiger charge is 2.03. The lowest BCUT2D eigenvalue weighted by Gasteiger charge is -2.19. The normalized spacial score (nSPS) is 10.2. The van der Waals surface area contributed by atoms with Crippen LogP contribution in [0.3, 0.4) is 0 Å². The Morgan fingerprint density at radius 1 is 1.47 bits per heavy atom. The van der Waals surface area contributed by atoms with Crippen molar-refractivity contribution in [2.75, 3.05) is 31.7 Å². The molecule has 0 radical (unpaired) electrons. The molecule has 0 bridgehead atoms. The van der Waals surface area contributed by atoms with Crippen LogP contribution in [0.1, 0.15) is 18.9 Å². The summed E-state index contributed by atoms with van der Waals surface area (Å²) in [5.74, 6) is 0. The first-order valence-electron chi connectivity index (χ1n) is 5.84. The Morgan fingerprint density at radius 3 is 2.88 bits per heavy atom. The predicted molar refractivity (Wildman–Crippen MR) is 76.7 cm³/mol. The lowest BCUT2D eigenvalue weighted by atomic mass is 10.2. The summed E-state index contributed by atoms with van der Waals surface area (Å²) < 4.78 is 5.31. The Bertz CT molecular complexity index is 368. The van der Waals surface area contributed by atoms with Crippen molar-refractivity contribution >= 4 is 22.9 Å². The van der Waals surface area contributed by atoms with E-state index in [2.05, 4.69) is 18.0 Å². The fourth-order valence-electron chi connectivity index (χ4n) is 1.57. The Labute approximate surface area is 109 Å². The number of hydrogen-bond acceptors (Lipinski definition) is 3. The van der Waals surface area contributed by atoms with Gasteiger partial charge in [-0.3, -0.25) is 0 Å². The molecule has 0 aliphatic heterocycles. The van der Waals surface area contributed by atoms with Gasteiger partial charge in [-0.15, -0.1) is 0 Å². The van der Waals surface area contributed by atoms with E-state index in [0.717, 1.165) is 37.4 Å². The van der Waals surface area contributed by atoms with Gasteiger partial charge >= 0.3 is 0 Å². The molecular formula is C13H20N2OS. The molecule has 0 fully saturated rings. The molecule has 3 nitrogen and oxygen atoms in total. The van der Waals surface area contributed by atoms with Gasteiger partial charge in [0.1, 0.15) is 4.99 Å². The van der Waals surface area contributed by atoms with Crippen molar-refractivity contribution in [1.82, 2.24) is 0 Å². The summed E-state index contributed by atoms with van der Waals surface area (Å²) in [4.78, 5) is 2.62. The van der Waals surface area contributed by atoms with Gasteiger partial charge in [-0.05, 0) is 25.5 Å². The highest BCUT2D eigenvalue weighted by atomic mass is 32.1. The summed E-state index contributed by atoms with van der Waals surface area (Å²) >= 11 is 4.97. The minimum absolute atomic E-state index is 0.439. The molecule has 0 spiro atoms. The first-order valence-corrected chi connectivity index (χ1v) is 6.24. The maximum absolute atomic E-state index is 5.62. The number of ether oxygens (including phenoxy) is 1.